The average molecular weight is 294 g/mol. The van der Waals surface area contributed by atoms with E-state index in [-0.39, 0.29) is 22.7 Å². The fourth-order valence-electron chi connectivity index (χ4n) is 2.24. The Balaban J connectivity index is 1.95. The molecule has 1 aromatic rings. The second kappa shape index (κ2) is 6.59. The fourth-order valence-corrected chi connectivity index (χ4v) is 3.78. The van der Waals surface area contributed by atoms with E-state index < -0.39 is 0 Å². The zero-order valence-electron chi connectivity index (χ0n) is 12.0. The Morgan fingerprint density at radius 2 is 2.30 bits per heavy atom. The lowest BCUT2D eigenvalue weighted by atomic mass is 10.1. The van der Waals surface area contributed by atoms with E-state index >= 15 is 0 Å². The maximum absolute atomic E-state index is 11.4. The second-order valence-corrected chi connectivity index (χ2v) is 6.73. The van der Waals surface area contributed by atoms with Crippen LogP contribution in [0.4, 0.5) is 0 Å². The zero-order valence-corrected chi connectivity index (χ0v) is 12.9. The maximum Gasteiger partial charge on any atom is 0.306 e. The number of nitrogens with zero attached hydrogens (tertiary/aromatic N) is 1. The lowest BCUT2D eigenvalue weighted by Gasteiger charge is -2.22. The van der Waals surface area contributed by atoms with Crippen molar-refractivity contribution in [3.63, 3.8) is 0 Å². The highest BCUT2D eigenvalue weighted by atomic mass is 32.2. The highest BCUT2D eigenvalue weighted by Gasteiger charge is 2.45. The molecule has 20 heavy (non-hydrogen) atoms. The van der Waals surface area contributed by atoms with Gasteiger partial charge < -0.3 is 10.5 Å². The SMILES string of the molecule is COC(=O)CC1(CSC(c2ccccn2)C(C)N)CC1. The predicted octanol–water partition coefficient (Wildman–Crippen LogP) is 2.55. The molecule has 1 fully saturated rings. The first-order valence-electron chi connectivity index (χ1n) is 6.91. The van der Waals surface area contributed by atoms with E-state index in [1.165, 1.54) is 7.11 Å². The van der Waals surface area contributed by atoms with Gasteiger partial charge in [0.25, 0.3) is 0 Å². The number of pyridine rings is 1. The topological polar surface area (TPSA) is 65.2 Å². The van der Waals surface area contributed by atoms with Gasteiger partial charge in [-0.15, -0.1) is 11.8 Å². The Kier molecular flexibility index (Phi) is 5.05. The number of rotatable bonds is 7. The highest BCUT2D eigenvalue weighted by Crippen LogP contribution is 2.53. The summed E-state index contributed by atoms with van der Waals surface area (Å²) in [5, 5.41) is 0.173. The van der Waals surface area contributed by atoms with Crippen molar-refractivity contribution in [2.45, 2.75) is 37.5 Å². The minimum atomic E-state index is -0.113. The van der Waals surface area contributed by atoms with E-state index in [9.17, 15) is 4.79 Å². The van der Waals surface area contributed by atoms with Gasteiger partial charge in [0, 0.05) is 18.0 Å². The monoisotopic (exact) mass is 294 g/mol. The van der Waals surface area contributed by atoms with Gasteiger partial charge in [-0.3, -0.25) is 9.78 Å². The fraction of sp³-hybridized carbons (Fsp3) is 0.600. The van der Waals surface area contributed by atoms with Crippen LogP contribution in [0.5, 0.6) is 0 Å². The van der Waals surface area contributed by atoms with Crippen LogP contribution in [-0.4, -0.2) is 29.9 Å². The molecule has 1 heterocycles. The first-order valence-corrected chi connectivity index (χ1v) is 7.96. The Labute approximate surface area is 124 Å². The average Bonchev–Trinajstić information content (AvgIpc) is 3.19. The summed E-state index contributed by atoms with van der Waals surface area (Å²) in [6, 6.07) is 5.94. The summed E-state index contributed by atoms with van der Waals surface area (Å²) in [5.74, 6) is 0.823. The van der Waals surface area contributed by atoms with Gasteiger partial charge >= 0.3 is 5.97 Å². The van der Waals surface area contributed by atoms with Crippen molar-refractivity contribution in [1.82, 2.24) is 4.98 Å². The molecule has 2 N–H and O–H groups in total. The van der Waals surface area contributed by atoms with Crippen LogP contribution < -0.4 is 5.73 Å². The van der Waals surface area contributed by atoms with Crippen molar-refractivity contribution in [2.75, 3.05) is 12.9 Å². The van der Waals surface area contributed by atoms with Gasteiger partial charge in [-0.1, -0.05) is 6.07 Å². The van der Waals surface area contributed by atoms with Crippen LogP contribution in [0.15, 0.2) is 24.4 Å². The number of aromatic nitrogens is 1. The summed E-state index contributed by atoms with van der Waals surface area (Å²) >= 11 is 1.81. The van der Waals surface area contributed by atoms with Crippen LogP contribution in [0.3, 0.4) is 0 Å². The van der Waals surface area contributed by atoms with E-state index in [2.05, 4.69) is 4.98 Å². The van der Waals surface area contributed by atoms with Crippen molar-refractivity contribution >= 4 is 17.7 Å². The Bertz CT molecular complexity index is 446. The van der Waals surface area contributed by atoms with Gasteiger partial charge in [-0.05, 0) is 37.3 Å². The third-order valence-electron chi connectivity index (χ3n) is 3.73. The number of hydrogen-bond acceptors (Lipinski definition) is 5. The summed E-state index contributed by atoms with van der Waals surface area (Å²) in [5.41, 5.74) is 7.23. The molecule has 0 radical (unpaired) electrons. The first-order chi connectivity index (χ1) is 9.56. The molecule has 0 aliphatic heterocycles. The van der Waals surface area contributed by atoms with Gasteiger partial charge in [0.1, 0.15) is 0 Å². The molecule has 110 valence electrons. The van der Waals surface area contributed by atoms with Gasteiger partial charge in [-0.2, -0.15) is 0 Å². The number of thioether (sulfide) groups is 1. The molecule has 2 unspecified atom stereocenters. The van der Waals surface area contributed by atoms with Crippen LogP contribution in [-0.2, 0) is 9.53 Å². The van der Waals surface area contributed by atoms with E-state index in [4.69, 9.17) is 10.5 Å². The third-order valence-corrected chi connectivity index (χ3v) is 5.54. The van der Waals surface area contributed by atoms with Crippen molar-refractivity contribution in [2.24, 2.45) is 11.1 Å². The van der Waals surface area contributed by atoms with Crippen molar-refractivity contribution < 1.29 is 9.53 Å². The van der Waals surface area contributed by atoms with Crippen molar-refractivity contribution in [3.8, 4) is 0 Å². The summed E-state index contributed by atoms with van der Waals surface area (Å²) in [6.07, 6.45) is 4.52. The van der Waals surface area contributed by atoms with Crippen LogP contribution in [0.25, 0.3) is 0 Å². The third kappa shape index (κ3) is 3.96. The molecule has 4 nitrogen and oxygen atoms in total. The smallest absolute Gasteiger partial charge is 0.306 e. The van der Waals surface area contributed by atoms with Gasteiger partial charge in [0.05, 0.1) is 24.5 Å². The number of hydrogen-bond donors (Lipinski definition) is 1. The molecular formula is C15H22N2O2S. The number of carbonyl (C=O) groups excluding carboxylic acids is 1. The Morgan fingerprint density at radius 1 is 1.55 bits per heavy atom. The molecular weight excluding hydrogens is 272 g/mol. The molecule has 5 heteroatoms. The largest absolute Gasteiger partial charge is 0.469 e. The number of methoxy groups -OCH3 is 1. The van der Waals surface area contributed by atoms with Gasteiger partial charge in [-0.25, -0.2) is 0 Å². The van der Waals surface area contributed by atoms with Crippen LogP contribution in [0, 0.1) is 5.41 Å². The van der Waals surface area contributed by atoms with Gasteiger partial charge in [0.15, 0.2) is 0 Å². The van der Waals surface area contributed by atoms with E-state index in [0.29, 0.717) is 6.42 Å². The quantitative estimate of drug-likeness (QED) is 0.783. The standard InChI is InChI=1S/C15H22N2O2S/c1-11(16)14(12-5-3-4-8-17-12)20-10-15(6-7-15)9-13(18)19-2/h3-5,8,11,14H,6-7,9-10,16H2,1-2H3. The first kappa shape index (κ1) is 15.3. The predicted molar refractivity (Wildman–Crippen MR) is 81.4 cm³/mol. The molecule has 0 saturated heterocycles. The summed E-state index contributed by atoms with van der Waals surface area (Å²) in [7, 11) is 1.45. The molecule has 0 amide bonds. The lowest BCUT2D eigenvalue weighted by molar-refractivity contribution is -0.141. The molecule has 0 bridgehead atoms. The zero-order chi connectivity index (χ0) is 14.6. The van der Waals surface area contributed by atoms with Crippen LogP contribution in [0.1, 0.15) is 37.1 Å². The molecule has 1 aliphatic rings. The summed E-state index contributed by atoms with van der Waals surface area (Å²) < 4.78 is 4.78. The number of nitrogens with two attached hydrogens (primary N) is 1. The van der Waals surface area contributed by atoms with Crippen molar-refractivity contribution in [3.05, 3.63) is 30.1 Å². The summed E-state index contributed by atoms with van der Waals surface area (Å²) in [4.78, 5) is 15.9. The van der Waals surface area contributed by atoms with E-state index in [1.807, 2.05) is 36.9 Å². The Hall–Kier alpha value is -1.07. The highest BCUT2D eigenvalue weighted by molar-refractivity contribution is 7.99. The van der Waals surface area contributed by atoms with Crippen LogP contribution >= 0.6 is 11.8 Å². The summed E-state index contributed by atoms with van der Waals surface area (Å²) in [6.45, 7) is 2.01. The molecule has 0 spiro atoms. The van der Waals surface area contributed by atoms with Crippen LogP contribution in [0.2, 0.25) is 0 Å². The van der Waals surface area contributed by atoms with E-state index in [0.717, 1.165) is 24.3 Å². The minimum absolute atomic E-state index is 0.0313. The van der Waals surface area contributed by atoms with E-state index in [1.54, 1.807) is 6.20 Å². The lowest BCUT2D eigenvalue weighted by Crippen LogP contribution is -2.25. The molecule has 1 saturated carbocycles. The second-order valence-electron chi connectivity index (χ2n) is 5.60. The molecule has 1 aliphatic carbocycles. The Morgan fingerprint density at radius 3 is 2.80 bits per heavy atom. The minimum Gasteiger partial charge on any atom is -0.469 e. The molecule has 2 rings (SSSR count). The maximum atomic E-state index is 11.4. The molecule has 2 atom stereocenters. The molecule has 0 aromatic carbocycles. The van der Waals surface area contributed by atoms with Crippen molar-refractivity contribution in [1.29, 1.82) is 0 Å². The van der Waals surface area contributed by atoms with Gasteiger partial charge in [0.2, 0.25) is 0 Å². The molecule has 1 aromatic heterocycles. The number of ether oxygens (including phenoxy) is 1. The number of carbonyl (C=O) groups is 1. The number of esters is 1. The normalized spacial score (nSPS) is 19.1.